The monoisotopic (exact) mass is 341 g/mol. The molecule has 2 heterocycles. The number of hydrogen-bond acceptors (Lipinski definition) is 4. The van der Waals surface area contributed by atoms with E-state index in [9.17, 15) is 4.79 Å². The summed E-state index contributed by atoms with van der Waals surface area (Å²) < 4.78 is 1.41. The number of carbonyl (C=O) groups excluding carboxylic acids is 1. The Morgan fingerprint density at radius 1 is 1.09 bits per heavy atom. The molecule has 1 aliphatic rings. The lowest BCUT2D eigenvalue weighted by molar-refractivity contribution is 0.0868. The fraction of sp³-hybridized carbons (Fsp3) is 0.118. The van der Waals surface area contributed by atoms with E-state index in [0.717, 1.165) is 11.1 Å². The second kappa shape index (κ2) is 5.83. The lowest BCUT2D eigenvalue weighted by Gasteiger charge is -2.20. The van der Waals surface area contributed by atoms with Gasteiger partial charge in [-0.05, 0) is 29.8 Å². The molecular formula is C17H12ClN3OS. The van der Waals surface area contributed by atoms with E-state index >= 15 is 0 Å². The maximum absolute atomic E-state index is 12.4. The third-order valence-electron chi connectivity index (χ3n) is 3.70. The number of fused-ring (bicyclic) bond motifs is 1. The molecule has 0 aliphatic carbocycles. The summed E-state index contributed by atoms with van der Waals surface area (Å²) in [5, 5.41) is 5.73. The summed E-state index contributed by atoms with van der Waals surface area (Å²) in [6, 6.07) is 17.3. The summed E-state index contributed by atoms with van der Waals surface area (Å²) in [4.78, 5) is 16.9. The van der Waals surface area contributed by atoms with Crippen molar-refractivity contribution >= 4 is 29.3 Å². The van der Waals surface area contributed by atoms with Crippen molar-refractivity contribution in [3.63, 3.8) is 0 Å². The minimum Gasteiger partial charge on any atom is -0.272 e. The van der Waals surface area contributed by atoms with Crippen molar-refractivity contribution in [1.82, 2.24) is 14.8 Å². The van der Waals surface area contributed by atoms with Crippen molar-refractivity contribution in [2.45, 2.75) is 16.8 Å². The van der Waals surface area contributed by atoms with Crippen LogP contribution in [0.2, 0.25) is 5.02 Å². The maximum Gasteiger partial charge on any atom is 0.250 e. The van der Waals surface area contributed by atoms with Gasteiger partial charge in [-0.1, -0.05) is 53.7 Å². The second-order valence-electron chi connectivity index (χ2n) is 5.25. The fourth-order valence-corrected chi connectivity index (χ4v) is 3.81. The zero-order chi connectivity index (χ0) is 15.8. The lowest BCUT2D eigenvalue weighted by atomic mass is 10.1. The molecule has 23 heavy (non-hydrogen) atoms. The molecule has 3 aromatic rings. The number of nitrogens with zero attached hydrogens (tertiary/aromatic N) is 3. The van der Waals surface area contributed by atoms with Crippen LogP contribution < -0.4 is 0 Å². The van der Waals surface area contributed by atoms with Gasteiger partial charge in [-0.15, -0.1) is 5.10 Å². The predicted molar refractivity (Wildman–Crippen MR) is 90.8 cm³/mol. The first kappa shape index (κ1) is 14.5. The summed E-state index contributed by atoms with van der Waals surface area (Å²) in [7, 11) is 0. The molecule has 0 radical (unpaired) electrons. The van der Waals surface area contributed by atoms with Crippen LogP contribution in [-0.2, 0) is 0 Å². The average molecular weight is 342 g/mol. The molecule has 1 atom stereocenters. The first-order valence-corrected chi connectivity index (χ1v) is 8.44. The van der Waals surface area contributed by atoms with Gasteiger partial charge in [0.2, 0.25) is 0 Å². The van der Waals surface area contributed by atoms with E-state index < -0.39 is 0 Å². The first-order chi connectivity index (χ1) is 11.2. The third-order valence-corrected chi connectivity index (χ3v) is 5.15. The summed E-state index contributed by atoms with van der Waals surface area (Å²) in [6.07, 6.45) is 0.422. The Bertz CT molecular complexity index is 861. The van der Waals surface area contributed by atoms with E-state index in [1.807, 2.05) is 42.5 Å². The van der Waals surface area contributed by atoms with E-state index in [2.05, 4.69) is 10.1 Å². The highest BCUT2D eigenvalue weighted by Gasteiger charge is 2.29. The van der Waals surface area contributed by atoms with Crippen LogP contribution in [0.1, 0.15) is 22.0 Å². The van der Waals surface area contributed by atoms with E-state index in [0.29, 0.717) is 22.4 Å². The van der Waals surface area contributed by atoms with Gasteiger partial charge in [-0.2, -0.15) is 4.68 Å². The number of benzene rings is 2. The van der Waals surface area contributed by atoms with Crippen molar-refractivity contribution in [1.29, 1.82) is 0 Å². The van der Waals surface area contributed by atoms with Gasteiger partial charge in [0.05, 0.1) is 0 Å². The Morgan fingerprint density at radius 2 is 1.83 bits per heavy atom. The highest BCUT2D eigenvalue weighted by molar-refractivity contribution is 7.99. The van der Waals surface area contributed by atoms with Crippen LogP contribution in [0.5, 0.6) is 0 Å². The van der Waals surface area contributed by atoms with Crippen LogP contribution in [0, 0.1) is 0 Å². The highest BCUT2D eigenvalue weighted by atomic mass is 35.5. The van der Waals surface area contributed by atoms with Gasteiger partial charge in [-0.25, -0.2) is 4.98 Å². The molecular weight excluding hydrogens is 330 g/mol. The van der Waals surface area contributed by atoms with E-state index in [1.165, 1.54) is 4.68 Å². The van der Waals surface area contributed by atoms with Crippen LogP contribution in [0.4, 0.5) is 0 Å². The normalized spacial score (nSPS) is 17.1. The summed E-state index contributed by atoms with van der Waals surface area (Å²) in [5.74, 6) is 0.520. The van der Waals surface area contributed by atoms with Crippen molar-refractivity contribution in [3.8, 4) is 11.4 Å². The molecule has 4 nitrogen and oxygen atoms in total. The third kappa shape index (κ3) is 2.78. The topological polar surface area (TPSA) is 47.8 Å². The molecule has 0 unspecified atom stereocenters. The van der Waals surface area contributed by atoms with Crippen LogP contribution in [0.15, 0.2) is 59.8 Å². The van der Waals surface area contributed by atoms with E-state index in [-0.39, 0.29) is 11.2 Å². The zero-order valence-corrected chi connectivity index (χ0v) is 13.6. The molecule has 0 saturated carbocycles. The number of aromatic nitrogens is 3. The van der Waals surface area contributed by atoms with Crippen LogP contribution in [-0.4, -0.2) is 20.7 Å². The Morgan fingerprint density at radius 3 is 2.57 bits per heavy atom. The summed E-state index contributed by atoms with van der Waals surface area (Å²) >= 11 is 7.48. The minimum absolute atomic E-state index is 0.0275. The molecule has 0 bridgehead atoms. The smallest absolute Gasteiger partial charge is 0.250 e. The van der Waals surface area contributed by atoms with E-state index in [1.54, 1.807) is 23.9 Å². The van der Waals surface area contributed by atoms with Gasteiger partial charge in [0.25, 0.3) is 5.91 Å². The minimum atomic E-state index is -0.0275. The molecule has 0 amide bonds. The molecule has 1 aromatic heterocycles. The number of thioether (sulfide) groups is 1. The molecule has 0 fully saturated rings. The number of carbonyl (C=O) groups is 1. The molecule has 0 N–H and O–H groups in total. The molecule has 0 saturated heterocycles. The van der Waals surface area contributed by atoms with Gasteiger partial charge in [0, 0.05) is 22.3 Å². The molecule has 2 aromatic carbocycles. The van der Waals surface area contributed by atoms with Crippen LogP contribution >= 0.6 is 23.4 Å². The van der Waals surface area contributed by atoms with Crippen molar-refractivity contribution < 1.29 is 4.79 Å². The first-order valence-electron chi connectivity index (χ1n) is 7.18. The molecule has 4 rings (SSSR count). The van der Waals surface area contributed by atoms with Gasteiger partial charge >= 0.3 is 0 Å². The second-order valence-corrected chi connectivity index (χ2v) is 6.86. The summed E-state index contributed by atoms with van der Waals surface area (Å²) in [5.41, 5.74) is 1.98. The lowest BCUT2D eigenvalue weighted by Crippen LogP contribution is -2.20. The average Bonchev–Trinajstić information content (AvgIpc) is 3.01. The Kier molecular flexibility index (Phi) is 3.67. The van der Waals surface area contributed by atoms with Gasteiger partial charge in [0.1, 0.15) is 0 Å². The Hall–Kier alpha value is -2.11. The van der Waals surface area contributed by atoms with Crippen molar-refractivity contribution in [2.24, 2.45) is 0 Å². The molecule has 1 aliphatic heterocycles. The standard InChI is InChI=1S/C17H12ClN3OS/c18-13-8-6-12(7-9-13)16-19-17-21(20-16)15(22)10-14(23-17)11-4-2-1-3-5-11/h1-9,14H,10H2/t14-/m1/s1. The molecule has 0 spiro atoms. The number of halogens is 1. The van der Waals surface area contributed by atoms with Crippen molar-refractivity contribution in [2.75, 3.05) is 0 Å². The number of hydrogen-bond donors (Lipinski definition) is 0. The molecule has 6 heteroatoms. The van der Waals surface area contributed by atoms with Crippen molar-refractivity contribution in [3.05, 3.63) is 65.2 Å². The maximum atomic E-state index is 12.4. The quantitative estimate of drug-likeness (QED) is 0.689. The largest absolute Gasteiger partial charge is 0.272 e. The zero-order valence-electron chi connectivity index (χ0n) is 12.0. The van der Waals surface area contributed by atoms with E-state index in [4.69, 9.17) is 11.6 Å². The Balaban J connectivity index is 1.68. The number of rotatable bonds is 2. The fourth-order valence-electron chi connectivity index (χ4n) is 2.53. The van der Waals surface area contributed by atoms with Gasteiger partial charge < -0.3 is 0 Å². The highest BCUT2D eigenvalue weighted by Crippen LogP contribution is 2.41. The van der Waals surface area contributed by atoms with Gasteiger partial charge in [-0.3, -0.25) is 4.79 Å². The summed E-state index contributed by atoms with van der Waals surface area (Å²) in [6.45, 7) is 0. The Labute approximate surface area is 142 Å². The molecule has 114 valence electrons. The van der Waals surface area contributed by atoms with Crippen LogP contribution in [0.3, 0.4) is 0 Å². The van der Waals surface area contributed by atoms with Crippen LogP contribution in [0.25, 0.3) is 11.4 Å². The SMILES string of the molecule is O=C1C[C@H](c2ccccc2)Sc2nc(-c3ccc(Cl)cc3)nn21. The predicted octanol–water partition coefficient (Wildman–Crippen LogP) is 4.48. The van der Waals surface area contributed by atoms with Gasteiger partial charge in [0.15, 0.2) is 11.0 Å².